The lowest BCUT2D eigenvalue weighted by Gasteiger charge is -2.13. The molecule has 112 valence electrons. The van der Waals surface area contributed by atoms with Crippen molar-refractivity contribution >= 4 is 27.4 Å². The Morgan fingerprint density at radius 2 is 2.00 bits per heavy atom. The number of carboxylic acids is 1. The Bertz CT molecular complexity index is 596. The van der Waals surface area contributed by atoms with Crippen molar-refractivity contribution in [3.05, 3.63) is 22.7 Å². The third-order valence-electron chi connectivity index (χ3n) is 2.43. The first-order chi connectivity index (χ1) is 9.29. The van der Waals surface area contributed by atoms with Crippen LogP contribution in [0.25, 0.3) is 0 Å². The summed E-state index contributed by atoms with van der Waals surface area (Å²) in [5.41, 5.74) is -0.208. The highest BCUT2D eigenvalue weighted by Gasteiger charge is 2.22. The molecule has 0 unspecified atom stereocenters. The number of carbonyl (C=O) groups is 1. The minimum absolute atomic E-state index is 0.134. The molecule has 20 heavy (non-hydrogen) atoms. The molecule has 0 saturated heterocycles. The van der Waals surface area contributed by atoms with Crippen LogP contribution in [0.5, 0.6) is 5.75 Å². The molecule has 0 atom stereocenters. The predicted octanol–water partition coefficient (Wildman–Crippen LogP) is 1.86. The van der Waals surface area contributed by atoms with Gasteiger partial charge in [-0.15, -0.1) is 0 Å². The molecule has 1 rings (SSSR count). The summed E-state index contributed by atoms with van der Waals surface area (Å²) in [4.78, 5) is 10.9. The minimum atomic E-state index is -3.57. The van der Waals surface area contributed by atoms with Crippen LogP contribution in [-0.2, 0) is 14.6 Å². The fraction of sp³-hybridized carbons (Fsp3) is 0.417. The molecule has 1 aromatic rings. The number of aromatic carboxylic acids is 1. The van der Waals surface area contributed by atoms with Gasteiger partial charge in [0.2, 0.25) is 0 Å². The maximum atomic E-state index is 11.7. The summed E-state index contributed by atoms with van der Waals surface area (Å²) in [6.45, 7) is 0.601. The van der Waals surface area contributed by atoms with Gasteiger partial charge in [-0.2, -0.15) is 0 Å². The number of ether oxygens (including phenoxy) is 2. The largest absolute Gasteiger partial charge is 0.491 e. The normalized spacial score (nSPS) is 11.3. The van der Waals surface area contributed by atoms with Crippen molar-refractivity contribution < 1.29 is 27.8 Å². The molecule has 8 heteroatoms. The Labute approximate surface area is 122 Å². The molecule has 1 N–H and O–H groups in total. The summed E-state index contributed by atoms with van der Waals surface area (Å²) in [5.74, 6) is -1.39. The van der Waals surface area contributed by atoms with E-state index in [1.807, 2.05) is 0 Å². The maximum Gasteiger partial charge on any atom is 0.337 e. The van der Waals surface area contributed by atoms with E-state index in [0.717, 1.165) is 12.3 Å². The van der Waals surface area contributed by atoms with E-state index in [2.05, 4.69) is 0 Å². The van der Waals surface area contributed by atoms with Crippen molar-refractivity contribution in [3.63, 3.8) is 0 Å². The molecule has 0 bridgehead atoms. The highest BCUT2D eigenvalue weighted by molar-refractivity contribution is 7.90. The van der Waals surface area contributed by atoms with Gasteiger partial charge in [-0.25, -0.2) is 13.2 Å². The summed E-state index contributed by atoms with van der Waals surface area (Å²) >= 11 is 5.93. The van der Waals surface area contributed by atoms with Crippen LogP contribution >= 0.6 is 11.6 Å². The van der Waals surface area contributed by atoms with Crippen LogP contribution in [0.1, 0.15) is 16.8 Å². The fourth-order valence-electron chi connectivity index (χ4n) is 1.51. The monoisotopic (exact) mass is 322 g/mol. The van der Waals surface area contributed by atoms with Crippen LogP contribution in [0, 0.1) is 0 Å². The van der Waals surface area contributed by atoms with Crippen molar-refractivity contribution in [2.75, 3.05) is 26.6 Å². The van der Waals surface area contributed by atoms with Gasteiger partial charge in [0.15, 0.2) is 15.6 Å². The topological polar surface area (TPSA) is 89.9 Å². The van der Waals surface area contributed by atoms with Gasteiger partial charge in [-0.1, -0.05) is 11.6 Å². The summed E-state index contributed by atoms with van der Waals surface area (Å²) < 4.78 is 33.5. The zero-order valence-electron chi connectivity index (χ0n) is 11.1. The quantitative estimate of drug-likeness (QED) is 0.771. The van der Waals surface area contributed by atoms with Crippen LogP contribution in [0.3, 0.4) is 0 Å². The van der Waals surface area contributed by atoms with Crippen LogP contribution < -0.4 is 4.74 Å². The number of benzene rings is 1. The second-order valence-corrected chi connectivity index (χ2v) is 6.39. The van der Waals surface area contributed by atoms with Crippen molar-refractivity contribution in [2.24, 2.45) is 0 Å². The molecule has 0 amide bonds. The van der Waals surface area contributed by atoms with E-state index in [0.29, 0.717) is 13.0 Å². The second kappa shape index (κ2) is 6.92. The Kier molecular flexibility index (Phi) is 5.79. The number of methoxy groups -OCH3 is 1. The van der Waals surface area contributed by atoms with E-state index in [-0.39, 0.29) is 27.8 Å². The molecule has 0 aliphatic heterocycles. The summed E-state index contributed by atoms with van der Waals surface area (Å²) in [7, 11) is -2.05. The molecular weight excluding hydrogens is 308 g/mol. The van der Waals surface area contributed by atoms with Crippen LogP contribution in [0.4, 0.5) is 0 Å². The number of sulfone groups is 1. The van der Waals surface area contributed by atoms with E-state index in [1.54, 1.807) is 0 Å². The molecule has 0 spiro atoms. The number of carboxylic acid groups (broad SMARTS) is 1. The number of hydrogen-bond donors (Lipinski definition) is 1. The third kappa shape index (κ3) is 4.09. The summed E-state index contributed by atoms with van der Waals surface area (Å²) in [6.07, 6.45) is 1.52. The first kappa shape index (κ1) is 16.7. The molecule has 0 radical (unpaired) electrons. The highest BCUT2D eigenvalue weighted by atomic mass is 35.5. The minimum Gasteiger partial charge on any atom is -0.491 e. The number of hydrogen-bond acceptors (Lipinski definition) is 5. The molecule has 1 aromatic carbocycles. The lowest BCUT2D eigenvalue weighted by molar-refractivity contribution is 0.0696. The van der Waals surface area contributed by atoms with Crippen LogP contribution in [0.15, 0.2) is 17.0 Å². The smallest absolute Gasteiger partial charge is 0.337 e. The molecule has 0 aliphatic carbocycles. The van der Waals surface area contributed by atoms with Crippen molar-refractivity contribution in [1.29, 1.82) is 0 Å². The SMILES string of the molecule is COCCCOc1c(S(C)(=O)=O)ccc(C(=O)O)c1Cl. The van der Waals surface area contributed by atoms with E-state index in [4.69, 9.17) is 26.2 Å². The predicted molar refractivity (Wildman–Crippen MR) is 73.5 cm³/mol. The van der Waals surface area contributed by atoms with Gasteiger partial charge in [-0.3, -0.25) is 0 Å². The number of halogens is 1. The van der Waals surface area contributed by atoms with E-state index >= 15 is 0 Å². The summed E-state index contributed by atoms with van der Waals surface area (Å²) in [5, 5.41) is 8.76. The fourth-order valence-corrected chi connectivity index (χ4v) is 2.68. The van der Waals surface area contributed by atoms with Gasteiger partial charge in [-0.05, 0) is 12.1 Å². The Hall–Kier alpha value is -1.31. The average Bonchev–Trinajstić information content (AvgIpc) is 2.34. The van der Waals surface area contributed by atoms with E-state index in [9.17, 15) is 13.2 Å². The van der Waals surface area contributed by atoms with Crippen molar-refractivity contribution in [1.82, 2.24) is 0 Å². The lowest BCUT2D eigenvalue weighted by atomic mass is 10.2. The first-order valence-electron chi connectivity index (χ1n) is 5.66. The summed E-state index contributed by atoms with van der Waals surface area (Å²) in [6, 6.07) is 2.32. The Morgan fingerprint density at radius 1 is 1.35 bits per heavy atom. The molecule has 0 heterocycles. The Morgan fingerprint density at radius 3 is 2.50 bits per heavy atom. The van der Waals surface area contributed by atoms with Gasteiger partial charge in [0.1, 0.15) is 4.90 Å². The van der Waals surface area contributed by atoms with Crippen molar-refractivity contribution in [2.45, 2.75) is 11.3 Å². The van der Waals surface area contributed by atoms with E-state index < -0.39 is 15.8 Å². The highest BCUT2D eigenvalue weighted by Crippen LogP contribution is 2.35. The Balaban J connectivity index is 3.20. The second-order valence-electron chi connectivity index (χ2n) is 4.03. The van der Waals surface area contributed by atoms with Gasteiger partial charge in [0, 0.05) is 26.4 Å². The van der Waals surface area contributed by atoms with Crippen LogP contribution in [0.2, 0.25) is 5.02 Å². The first-order valence-corrected chi connectivity index (χ1v) is 7.93. The zero-order chi connectivity index (χ0) is 15.3. The van der Waals surface area contributed by atoms with Gasteiger partial charge in [0.05, 0.1) is 17.2 Å². The number of rotatable bonds is 7. The molecular formula is C12H15ClO6S. The van der Waals surface area contributed by atoms with Crippen molar-refractivity contribution in [3.8, 4) is 5.75 Å². The molecule has 0 fully saturated rings. The van der Waals surface area contributed by atoms with Gasteiger partial charge >= 0.3 is 5.97 Å². The molecule has 0 saturated carbocycles. The third-order valence-corrected chi connectivity index (χ3v) is 3.93. The standard InChI is InChI=1S/C12H15ClO6S/c1-18-6-3-7-19-11-9(20(2,16)17)5-4-8(10(11)13)12(14)15/h4-5H,3,6-7H2,1-2H3,(H,14,15). The lowest BCUT2D eigenvalue weighted by Crippen LogP contribution is -2.09. The van der Waals surface area contributed by atoms with E-state index in [1.165, 1.54) is 13.2 Å². The van der Waals surface area contributed by atoms with Gasteiger partial charge < -0.3 is 14.6 Å². The molecule has 0 aliphatic rings. The van der Waals surface area contributed by atoms with Gasteiger partial charge in [0.25, 0.3) is 0 Å². The zero-order valence-corrected chi connectivity index (χ0v) is 12.6. The van der Waals surface area contributed by atoms with Crippen LogP contribution in [-0.4, -0.2) is 46.1 Å². The maximum absolute atomic E-state index is 11.7. The molecule has 6 nitrogen and oxygen atoms in total. The molecule has 0 aromatic heterocycles. The average molecular weight is 323 g/mol.